The molecule has 10 aromatic rings. The number of aromatic nitrogens is 1. The van der Waals surface area contributed by atoms with Crippen LogP contribution in [-0.4, -0.2) is 4.57 Å². The molecule has 0 fully saturated rings. The van der Waals surface area contributed by atoms with Crippen LogP contribution < -0.4 is 4.90 Å². The number of benzene rings is 9. The Morgan fingerprint density at radius 1 is 0.293 bits per heavy atom. The summed E-state index contributed by atoms with van der Waals surface area (Å²) in [5, 5.41) is 2.58. The molecule has 0 saturated heterocycles. The maximum atomic E-state index is 2.41. The van der Waals surface area contributed by atoms with Gasteiger partial charge in [-0.2, -0.15) is 0 Å². The summed E-state index contributed by atoms with van der Waals surface area (Å²) in [5.74, 6) is 0. The number of fused-ring (bicyclic) bond motifs is 3. The molecule has 0 saturated carbocycles. The fourth-order valence-corrected chi connectivity index (χ4v) is 8.33. The molecule has 0 atom stereocenters. The van der Waals surface area contributed by atoms with Gasteiger partial charge in [-0.05, 0) is 131 Å². The summed E-state index contributed by atoms with van der Waals surface area (Å²) >= 11 is 0. The van der Waals surface area contributed by atoms with Crippen LogP contribution in [0.2, 0.25) is 0 Å². The van der Waals surface area contributed by atoms with Gasteiger partial charge in [-0.25, -0.2) is 0 Å². The highest BCUT2D eigenvalue weighted by Crippen LogP contribution is 2.39. The Morgan fingerprint density at radius 3 is 1.05 bits per heavy atom. The quantitative estimate of drug-likeness (QED) is 0.150. The van der Waals surface area contributed by atoms with Crippen molar-refractivity contribution in [2.75, 3.05) is 4.90 Å². The number of aryl methyl sites for hydroxylation is 2. The molecular weight excluding hydrogens is 701 g/mol. The second-order valence-electron chi connectivity index (χ2n) is 15.2. The van der Waals surface area contributed by atoms with Crippen LogP contribution in [-0.2, 0) is 0 Å². The number of hydrogen-bond acceptors (Lipinski definition) is 1. The summed E-state index contributed by atoms with van der Waals surface area (Å²) in [5.41, 5.74) is 19.0. The van der Waals surface area contributed by atoms with E-state index in [1.165, 1.54) is 77.4 Å². The van der Waals surface area contributed by atoms with Crippen molar-refractivity contribution in [3.63, 3.8) is 0 Å². The van der Waals surface area contributed by atoms with E-state index in [0.717, 1.165) is 22.7 Å². The van der Waals surface area contributed by atoms with Crippen LogP contribution in [0.5, 0.6) is 0 Å². The first-order chi connectivity index (χ1) is 28.6. The van der Waals surface area contributed by atoms with Crippen molar-refractivity contribution in [2.24, 2.45) is 0 Å². The minimum absolute atomic E-state index is 1.10. The Labute approximate surface area is 340 Å². The average Bonchev–Trinajstić information content (AvgIpc) is 3.60. The molecule has 0 spiro atoms. The van der Waals surface area contributed by atoms with E-state index in [1.54, 1.807) is 0 Å². The summed E-state index contributed by atoms with van der Waals surface area (Å²) in [6.07, 6.45) is 0. The zero-order valence-corrected chi connectivity index (χ0v) is 32.7. The second-order valence-corrected chi connectivity index (χ2v) is 15.2. The molecule has 58 heavy (non-hydrogen) atoms. The Morgan fingerprint density at radius 2 is 0.638 bits per heavy atom. The fourth-order valence-electron chi connectivity index (χ4n) is 8.33. The maximum Gasteiger partial charge on any atom is 0.0541 e. The molecule has 0 aliphatic rings. The van der Waals surface area contributed by atoms with Crippen LogP contribution >= 0.6 is 0 Å². The minimum Gasteiger partial charge on any atom is -0.311 e. The standard InChI is InChI=1S/C56H42N2/c1-39-16-34-55-53(36-39)54-37-40(2)17-35-56(54)58(55)52-15-9-14-48(38-52)47-26-32-51(33-27-47)57(49-28-22-45(23-29-49)42-12-7-4-8-13-42)50-30-24-46(25-31-50)44-20-18-43(19-21-44)41-10-5-3-6-11-41/h3-38H,1-2H3. The molecule has 10 rings (SSSR count). The first-order valence-electron chi connectivity index (χ1n) is 20.0. The number of anilines is 3. The van der Waals surface area contributed by atoms with E-state index in [2.05, 4.69) is 242 Å². The van der Waals surface area contributed by atoms with Crippen molar-refractivity contribution in [3.05, 3.63) is 230 Å². The van der Waals surface area contributed by atoms with Gasteiger partial charge in [0, 0.05) is 33.5 Å². The molecule has 1 heterocycles. The van der Waals surface area contributed by atoms with Gasteiger partial charge >= 0.3 is 0 Å². The highest BCUT2D eigenvalue weighted by atomic mass is 15.1. The number of hydrogen-bond donors (Lipinski definition) is 0. The van der Waals surface area contributed by atoms with Crippen molar-refractivity contribution in [1.82, 2.24) is 4.57 Å². The average molecular weight is 743 g/mol. The Bertz CT molecular complexity index is 2950. The van der Waals surface area contributed by atoms with Gasteiger partial charge in [-0.15, -0.1) is 0 Å². The van der Waals surface area contributed by atoms with Gasteiger partial charge in [0.1, 0.15) is 0 Å². The van der Waals surface area contributed by atoms with E-state index in [4.69, 9.17) is 0 Å². The van der Waals surface area contributed by atoms with Crippen molar-refractivity contribution in [1.29, 1.82) is 0 Å². The molecule has 0 N–H and O–H groups in total. The number of rotatable bonds is 8. The van der Waals surface area contributed by atoms with Gasteiger partial charge in [-0.1, -0.05) is 157 Å². The van der Waals surface area contributed by atoms with Crippen molar-refractivity contribution in [2.45, 2.75) is 13.8 Å². The van der Waals surface area contributed by atoms with Gasteiger partial charge in [0.05, 0.1) is 11.0 Å². The molecule has 0 unspecified atom stereocenters. The third kappa shape index (κ3) is 6.65. The molecule has 1 aromatic heterocycles. The Kier molecular flexibility index (Phi) is 9.01. The molecule has 0 aliphatic heterocycles. The normalized spacial score (nSPS) is 11.3. The van der Waals surface area contributed by atoms with Crippen LogP contribution in [0.15, 0.2) is 218 Å². The predicted molar refractivity (Wildman–Crippen MR) is 247 cm³/mol. The summed E-state index contributed by atoms with van der Waals surface area (Å²) in [6, 6.07) is 79.3. The first-order valence-corrected chi connectivity index (χ1v) is 20.0. The lowest BCUT2D eigenvalue weighted by atomic mass is 10.00. The van der Waals surface area contributed by atoms with E-state index in [0.29, 0.717) is 0 Å². The lowest BCUT2D eigenvalue weighted by Crippen LogP contribution is -2.09. The third-order valence-electron chi connectivity index (χ3n) is 11.3. The summed E-state index contributed by atoms with van der Waals surface area (Å²) in [4.78, 5) is 2.35. The molecule has 0 aliphatic carbocycles. The van der Waals surface area contributed by atoms with Crippen LogP contribution in [0, 0.1) is 13.8 Å². The number of nitrogens with zero attached hydrogens (tertiary/aromatic N) is 2. The minimum atomic E-state index is 1.10. The van der Waals surface area contributed by atoms with Crippen LogP contribution in [0.3, 0.4) is 0 Å². The van der Waals surface area contributed by atoms with Crippen LogP contribution in [0.25, 0.3) is 72.0 Å². The molecule has 276 valence electrons. The van der Waals surface area contributed by atoms with Gasteiger partial charge in [0.15, 0.2) is 0 Å². The van der Waals surface area contributed by atoms with Crippen molar-refractivity contribution < 1.29 is 0 Å². The smallest absolute Gasteiger partial charge is 0.0541 e. The molecular formula is C56H42N2. The third-order valence-corrected chi connectivity index (χ3v) is 11.3. The van der Waals surface area contributed by atoms with E-state index >= 15 is 0 Å². The highest BCUT2D eigenvalue weighted by Gasteiger charge is 2.16. The van der Waals surface area contributed by atoms with E-state index in [1.807, 2.05) is 0 Å². The lowest BCUT2D eigenvalue weighted by molar-refractivity contribution is 1.18. The molecule has 2 heteroatoms. The largest absolute Gasteiger partial charge is 0.311 e. The maximum absolute atomic E-state index is 2.41. The SMILES string of the molecule is Cc1ccc2c(c1)c1cc(C)ccc1n2-c1cccc(-c2ccc(N(c3ccc(-c4ccccc4)cc3)c3ccc(-c4ccc(-c5ccccc5)cc4)cc3)cc2)c1. The van der Waals surface area contributed by atoms with Gasteiger partial charge < -0.3 is 9.47 Å². The van der Waals surface area contributed by atoms with Crippen molar-refractivity contribution >= 4 is 38.9 Å². The van der Waals surface area contributed by atoms with E-state index in [9.17, 15) is 0 Å². The summed E-state index contributed by atoms with van der Waals surface area (Å²) < 4.78 is 2.41. The molecule has 9 aromatic carbocycles. The van der Waals surface area contributed by atoms with E-state index in [-0.39, 0.29) is 0 Å². The molecule has 0 bridgehead atoms. The van der Waals surface area contributed by atoms with Crippen molar-refractivity contribution in [3.8, 4) is 50.2 Å². The summed E-state index contributed by atoms with van der Waals surface area (Å²) in [6.45, 7) is 4.34. The lowest BCUT2D eigenvalue weighted by Gasteiger charge is -2.26. The topological polar surface area (TPSA) is 8.17 Å². The first kappa shape index (κ1) is 35.0. The summed E-state index contributed by atoms with van der Waals surface area (Å²) in [7, 11) is 0. The fraction of sp³-hybridized carbons (Fsp3) is 0.0357. The highest BCUT2D eigenvalue weighted by molar-refractivity contribution is 6.09. The molecule has 0 amide bonds. The molecule has 0 radical (unpaired) electrons. The monoisotopic (exact) mass is 742 g/mol. The Hall–Kier alpha value is -7.42. The predicted octanol–water partition coefficient (Wildman–Crippen LogP) is 15.5. The van der Waals surface area contributed by atoms with Crippen LogP contribution in [0.1, 0.15) is 11.1 Å². The van der Waals surface area contributed by atoms with Gasteiger partial charge in [0.2, 0.25) is 0 Å². The zero-order valence-electron chi connectivity index (χ0n) is 32.7. The van der Waals surface area contributed by atoms with Gasteiger partial charge in [0.25, 0.3) is 0 Å². The molecule has 2 nitrogen and oxygen atoms in total. The second kappa shape index (κ2) is 14.9. The van der Waals surface area contributed by atoms with Crippen LogP contribution in [0.4, 0.5) is 17.1 Å². The van der Waals surface area contributed by atoms with E-state index < -0.39 is 0 Å². The zero-order chi connectivity index (χ0) is 39.0. The Balaban J connectivity index is 0.998. The van der Waals surface area contributed by atoms with Gasteiger partial charge in [-0.3, -0.25) is 0 Å².